The SMILES string of the molecule is CC1CCCN(CCNC(=O)c2[nH]cnc2C(=O)Nc2ccc(NC(=O)c3ccc(F)cc3)cc2)C1. The highest BCUT2D eigenvalue weighted by molar-refractivity contribution is 6.10. The molecule has 3 amide bonds. The lowest BCUT2D eigenvalue weighted by atomic mass is 10.0. The first-order chi connectivity index (χ1) is 17.4. The van der Waals surface area contributed by atoms with Gasteiger partial charge in [0.1, 0.15) is 11.5 Å². The van der Waals surface area contributed by atoms with Crippen LogP contribution in [0.1, 0.15) is 51.1 Å². The quantitative estimate of drug-likeness (QED) is 0.384. The van der Waals surface area contributed by atoms with Crippen molar-refractivity contribution < 1.29 is 18.8 Å². The highest BCUT2D eigenvalue weighted by atomic mass is 19.1. The topological polar surface area (TPSA) is 119 Å². The third kappa shape index (κ3) is 6.54. The Hall–Kier alpha value is -4.05. The molecule has 1 saturated heterocycles. The monoisotopic (exact) mass is 492 g/mol. The summed E-state index contributed by atoms with van der Waals surface area (Å²) >= 11 is 0. The van der Waals surface area contributed by atoms with Gasteiger partial charge < -0.3 is 25.8 Å². The predicted molar refractivity (Wildman–Crippen MR) is 135 cm³/mol. The normalized spacial score (nSPS) is 15.8. The third-order valence-corrected chi connectivity index (χ3v) is 6.04. The molecule has 2 aromatic carbocycles. The van der Waals surface area contributed by atoms with Crippen LogP contribution >= 0.6 is 0 Å². The second-order valence-corrected chi connectivity index (χ2v) is 8.92. The molecule has 1 fully saturated rings. The molecule has 3 aromatic rings. The molecule has 2 heterocycles. The summed E-state index contributed by atoms with van der Waals surface area (Å²) in [5, 5.41) is 8.27. The van der Waals surface area contributed by atoms with Gasteiger partial charge >= 0.3 is 0 Å². The van der Waals surface area contributed by atoms with Crippen molar-refractivity contribution in [2.24, 2.45) is 5.92 Å². The van der Waals surface area contributed by atoms with Crippen molar-refractivity contribution in [3.63, 3.8) is 0 Å². The van der Waals surface area contributed by atoms with Crippen LogP contribution in [0.5, 0.6) is 0 Å². The number of carbonyl (C=O) groups is 3. The maximum Gasteiger partial charge on any atom is 0.276 e. The Bertz CT molecular complexity index is 1210. The zero-order valence-electron chi connectivity index (χ0n) is 20.0. The van der Waals surface area contributed by atoms with Crippen molar-refractivity contribution in [2.75, 3.05) is 36.8 Å². The Labute approximate surface area is 208 Å². The minimum atomic E-state index is -0.533. The first-order valence-electron chi connectivity index (χ1n) is 11.9. The van der Waals surface area contributed by atoms with Crippen LogP contribution in [0, 0.1) is 11.7 Å². The van der Waals surface area contributed by atoms with Crippen molar-refractivity contribution in [3.05, 3.63) is 77.6 Å². The molecule has 1 unspecified atom stereocenters. The minimum Gasteiger partial charge on any atom is -0.349 e. The number of aromatic nitrogens is 2. The lowest BCUT2D eigenvalue weighted by molar-refractivity contribution is 0.0926. The van der Waals surface area contributed by atoms with Crippen LogP contribution in [0.15, 0.2) is 54.9 Å². The van der Waals surface area contributed by atoms with Gasteiger partial charge in [-0.1, -0.05) is 6.92 Å². The van der Waals surface area contributed by atoms with Crippen molar-refractivity contribution in [2.45, 2.75) is 19.8 Å². The summed E-state index contributed by atoms with van der Waals surface area (Å²) in [5.74, 6) is -1.06. The van der Waals surface area contributed by atoms with E-state index in [1.807, 2.05) is 0 Å². The number of H-pyrrole nitrogens is 1. The maximum atomic E-state index is 13.0. The van der Waals surface area contributed by atoms with Gasteiger partial charge in [0, 0.05) is 36.6 Å². The fourth-order valence-corrected chi connectivity index (χ4v) is 4.18. The van der Waals surface area contributed by atoms with Gasteiger partial charge in [0.15, 0.2) is 5.69 Å². The lowest BCUT2D eigenvalue weighted by Gasteiger charge is -2.30. The zero-order valence-corrected chi connectivity index (χ0v) is 20.0. The van der Waals surface area contributed by atoms with Crippen LogP contribution in [-0.2, 0) is 0 Å². The highest BCUT2D eigenvalue weighted by Crippen LogP contribution is 2.17. The van der Waals surface area contributed by atoms with Gasteiger partial charge in [0.25, 0.3) is 17.7 Å². The van der Waals surface area contributed by atoms with E-state index < -0.39 is 11.7 Å². The van der Waals surface area contributed by atoms with E-state index in [1.54, 1.807) is 24.3 Å². The van der Waals surface area contributed by atoms with E-state index in [4.69, 9.17) is 0 Å². The van der Waals surface area contributed by atoms with Gasteiger partial charge in [-0.3, -0.25) is 14.4 Å². The fraction of sp³-hybridized carbons (Fsp3) is 0.308. The van der Waals surface area contributed by atoms with Gasteiger partial charge in [-0.15, -0.1) is 0 Å². The molecule has 0 bridgehead atoms. The number of carbonyl (C=O) groups excluding carboxylic acids is 3. The molecular weight excluding hydrogens is 463 g/mol. The number of rotatable bonds is 8. The van der Waals surface area contributed by atoms with E-state index in [1.165, 1.54) is 43.4 Å². The van der Waals surface area contributed by atoms with Crippen LogP contribution in [0.4, 0.5) is 15.8 Å². The van der Waals surface area contributed by atoms with Crippen LogP contribution in [0.3, 0.4) is 0 Å². The van der Waals surface area contributed by atoms with Crippen molar-refractivity contribution in [1.29, 1.82) is 0 Å². The molecule has 4 rings (SSSR count). The van der Waals surface area contributed by atoms with Gasteiger partial charge in [-0.25, -0.2) is 9.37 Å². The standard InChI is InChI=1S/C26H29FN6O3/c1-17-3-2-13-33(15-17)14-12-28-25(35)22-23(30-16-29-22)26(36)32-21-10-8-20(9-11-21)31-24(34)18-4-6-19(27)7-5-18/h4-11,16-17H,2-3,12-15H2,1H3,(H,28,35)(H,29,30)(H,31,34)(H,32,36). The van der Waals surface area contributed by atoms with Crippen LogP contribution < -0.4 is 16.0 Å². The van der Waals surface area contributed by atoms with E-state index in [-0.39, 0.29) is 23.2 Å². The molecule has 188 valence electrons. The molecule has 10 heteroatoms. The summed E-state index contributed by atoms with van der Waals surface area (Å²) < 4.78 is 13.0. The molecular formula is C26H29FN6O3. The summed E-state index contributed by atoms with van der Waals surface area (Å²) in [5.41, 5.74) is 1.39. The van der Waals surface area contributed by atoms with Crippen molar-refractivity contribution in [1.82, 2.24) is 20.2 Å². The highest BCUT2D eigenvalue weighted by Gasteiger charge is 2.21. The van der Waals surface area contributed by atoms with E-state index >= 15 is 0 Å². The Kier molecular flexibility index (Phi) is 8.06. The molecule has 0 saturated carbocycles. The van der Waals surface area contributed by atoms with Gasteiger partial charge in [-0.05, 0) is 73.8 Å². The van der Waals surface area contributed by atoms with Crippen LogP contribution in [0.2, 0.25) is 0 Å². The zero-order chi connectivity index (χ0) is 25.5. The number of hydrogen-bond donors (Lipinski definition) is 4. The number of halogens is 1. The molecule has 1 aliphatic heterocycles. The first kappa shape index (κ1) is 25.1. The molecule has 9 nitrogen and oxygen atoms in total. The number of aromatic amines is 1. The maximum absolute atomic E-state index is 13.0. The number of hydrogen-bond acceptors (Lipinski definition) is 5. The van der Waals surface area contributed by atoms with Gasteiger partial charge in [0.2, 0.25) is 0 Å². The number of nitrogens with one attached hydrogen (secondary N) is 4. The number of imidazole rings is 1. The largest absolute Gasteiger partial charge is 0.349 e. The summed E-state index contributed by atoms with van der Waals surface area (Å²) in [6, 6.07) is 11.7. The van der Waals surface area contributed by atoms with Crippen LogP contribution in [0.25, 0.3) is 0 Å². The summed E-state index contributed by atoms with van der Waals surface area (Å²) in [6.45, 7) is 5.54. The fourth-order valence-electron chi connectivity index (χ4n) is 4.18. The Morgan fingerprint density at radius 3 is 2.33 bits per heavy atom. The average Bonchev–Trinajstić information content (AvgIpc) is 3.36. The number of nitrogens with zero attached hydrogens (tertiary/aromatic N) is 2. The summed E-state index contributed by atoms with van der Waals surface area (Å²) in [6.07, 6.45) is 3.72. The minimum absolute atomic E-state index is 0.00668. The molecule has 0 aliphatic carbocycles. The first-order valence-corrected chi connectivity index (χ1v) is 11.9. The lowest BCUT2D eigenvalue weighted by Crippen LogP contribution is -2.40. The Balaban J connectivity index is 1.29. The third-order valence-electron chi connectivity index (χ3n) is 6.04. The van der Waals surface area contributed by atoms with Gasteiger partial charge in [-0.2, -0.15) is 0 Å². The van der Waals surface area contributed by atoms with E-state index in [9.17, 15) is 18.8 Å². The van der Waals surface area contributed by atoms with E-state index in [2.05, 4.69) is 37.7 Å². The number of anilines is 2. The van der Waals surface area contributed by atoms with E-state index in [0.717, 1.165) is 19.6 Å². The van der Waals surface area contributed by atoms with E-state index in [0.29, 0.717) is 29.4 Å². The second-order valence-electron chi connectivity index (χ2n) is 8.92. The summed E-state index contributed by atoms with van der Waals surface area (Å²) in [7, 11) is 0. The molecule has 1 aromatic heterocycles. The number of likely N-dealkylation sites (tertiary alicyclic amines) is 1. The number of piperidine rings is 1. The molecule has 1 atom stereocenters. The van der Waals surface area contributed by atoms with Crippen molar-refractivity contribution >= 4 is 29.1 Å². The Morgan fingerprint density at radius 2 is 1.67 bits per heavy atom. The number of benzene rings is 2. The molecule has 36 heavy (non-hydrogen) atoms. The van der Waals surface area contributed by atoms with Crippen molar-refractivity contribution in [3.8, 4) is 0 Å². The van der Waals surface area contributed by atoms with Crippen LogP contribution in [-0.4, -0.2) is 58.8 Å². The van der Waals surface area contributed by atoms with Gasteiger partial charge in [0.05, 0.1) is 6.33 Å². The average molecular weight is 493 g/mol. The molecule has 1 aliphatic rings. The number of amides is 3. The molecule has 0 spiro atoms. The summed E-state index contributed by atoms with van der Waals surface area (Å²) in [4.78, 5) is 46.7. The second kappa shape index (κ2) is 11.6. The predicted octanol–water partition coefficient (Wildman–Crippen LogP) is 3.52. The molecule has 4 N–H and O–H groups in total. The smallest absolute Gasteiger partial charge is 0.276 e. The Morgan fingerprint density at radius 1 is 1.00 bits per heavy atom. The molecule has 0 radical (unpaired) electrons.